The Labute approximate surface area is 160 Å². The van der Waals surface area contributed by atoms with E-state index in [1.807, 2.05) is 0 Å². The molecule has 1 aromatic heterocycles. The van der Waals surface area contributed by atoms with E-state index in [9.17, 15) is 19.2 Å². The molecule has 1 aliphatic carbocycles. The number of fused-ring (bicyclic) bond motifs is 5. The van der Waals surface area contributed by atoms with Gasteiger partial charge in [0.05, 0.1) is 5.56 Å². The second-order valence-electron chi connectivity index (χ2n) is 6.81. The summed E-state index contributed by atoms with van der Waals surface area (Å²) >= 11 is 3.41. The molecule has 1 spiro atoms. The normalized spacial score (nSPS) is 22.9. The zero-order valence-electron chi connectivity index (χ0n) is 13.9. The minimum atomic E-state index is -1.59. The number of anilines is 2. The highest BCUT2D eigenvalue weighted by molar-refractivity contribution is 9.10. The monoisotopic (exact) mass is 428 g/mol. The molecule has 1 aromatic carbocycles. The van der Waals surface area contributed by atoms with Gasteiger partial charge in [0, 0.05) is 33.4 Å². The highest BCUT2D eigenvalue weighted by Crippen LogP contribution is 2.53. The van der Waals surface area contributed by atoms with E-state index in [1.54, 1.807) is 18.2 Å². The van der Waals surface area contributed by atoms with Crippen LogP contribution in [0.2, 0.25) is 0 Å². The van der Waals surface area contributed by atoms with Crippen molar-refractivity contribution < 1.29 is 9.59 Å². The van der Waals surface area contributed by atoms with E-state index in [0.29, 0.717) is 40.7 Å². The number of aromatic nitrogens is 2. The molecule has 2 aliphatic heterocycles. The number of rotatable bonds is 0. The van der Waals surface area contributed by atoms with Gasteiger partial charge < -0.3 is 10.6 Å². The molecule has 5 rings (SSSR count). The van der Waals surface area contributed by atoms with Crippen LogP contribution in [0.3, 0.4) is 0 Å². The summed E-state index contributed by atoms with van der Waals surface area (Å²) < 4.78 is 0.712. The molecule has 1 amide bonds. The van der Waals surface area contributed by atoms with Gasteiger partial charge in [-0.2, -0.15) is 0 Å². The first-order valence-electron chi connectivity index (χ1n) is 8.45. The molecule has 3 heterocycles. The summed E-state index contributed by atoms with van der Waals surface area (Å²) in [5.41, 5.74) is -1.03. The summed E-state index contributed by atoms with van der Waals surface area (Å²) in [6.07, 6.45) is 1.49. The van der Waals surface area contributed by atoms with Crippen molar-refractivity contribution in [2.24, 2.45) is 0 Å². The highest BCUT2D eigenvalue weighted by Gasteiger charge is 2.59. The summed E-state index contributed by atoms with van der Waals surface area (Å²) in [6, 6.07) is 5.23. The summed E-state index contributed by atoms with van der Waals surface area (Å²) in [5.74, 6) is -0.498. The number of carbonyl (C=O) groups excluding carboxylic acids is 2. The van der Waals surface area contributed by atoms with Crippen molar-refractivity contribution >= 4 is 39.1 Å². The maximum Gasteiger partial charge on any atom is 0.327 e. The summed E-state index contributed by atoms with van der Waals surface area (Å²) in [5, 5.41) is 5.82. The lowest BCUT2D eigenvalue weighted by Crippen LogP contribution is -2.50. The third-order valence-electron chi connectivity index (χ3n) is 5.35. The van der Waals surface area contributed by atoms with Gasteiger partial charge in [-0.3, -0.25) is 24.4 Å². The maximum atomic E-state index is 13.3. The smallest absolute Gasteiger partial charge is 0.327 e. The van der Waals surface area contributed by atoms with Crippen molar-refractivity contribution in [3.63, 3.8) is 0 Å². The lowest BCUT2D eigenvalue weighted by molar-refractivity contribution is -0.122. The number of hydrogen-bond donors (Lipinski definition) is 4. The third kappa shape index (κ3) is 1.97. The molecule has 0 bridgehead atoms. The Morgan fingerprint density at radius 1 is 1.00 bits per heavy atom. The zero-order valence-corrected chi connectivity index (χ0v) is 15.5. The Balaban J connectivity index is 1.99. The highest BCUT2D eigenvalue weighted by atomic mass is 79.9. The van der Waals surface area contributed by atoms with E-state index in [1.165, 1.54) is 0 Å². The largest absolute Gasteiger partial charge is 0.344 e. The zero-order chi connectivity index (χ0) is 18.9. The van der Waals surface area contributed by atoms with Gasteiger partial charge in [-0.15, -0.1) is 0 Å². The van der Waals surface area contributed by atoms with Crippen LogP contribution >= 0.6 is 15.9 Å². The molecule has 1 atom stereocenters. The predicted molar refractivity (Wildman–Crippen MR) is 101 cm³/mol. The Kier molecular flexibility index (Phi) is 3.18. The average molecular weight is 429 g/mol. The molecule has 0 radical (unpaired) electrons. The van der Waals surface area contributed by atoms with Crippen LogP contribution in [0.15, 0.2) is 43.5 Å². The molecule has 0 saturated heterocycles. The molecular weight excluding hydrogens is 416 g/mol. The summed E-state index contributed by atoms with van der Waals surface area (Å²) in [7, 11) is 0. The van der Waals surface area contributed by atoms with Gasteiger partial charge in [0.2, 0.25) is 5.91 Å². The number of carbonyl (C=O) groups is 2. The number of Topliss-reactive ketones (excluding diaryl/α,β-unsaturated/α-hetero) is 1. The molecule has 2 aromatic rings. The van der Waals surface area contributed by atoms with E-state index in [0.717, 1.165) is 0 Å². The number of allylic oxidation sites excluding steroid dienone is 1. The van der Waals surface area contributed by atoms with Gasteiger partial charge in [0.25, 0.3) is 5.56 Å². The SMILES string of the molecule is O=C1CCCC2=C1C1(C(=O)Nc3ccc(Br)cc31)c1c([nH]c(=O)[nH]c1=O)N2. The number of ketones is 1. The summed E-state index contributed by atoms with van der Waals surface area (Å²) in [6.45, 7) is 0. The molecule has 9 heteroatoms. The second kappa shape index (κ2) is 5.29. The fourth-order valence-electron chi connectivity index (χ4n) is 4.39. The first-order chi connectivity index (χ1) is 12.9. The molecule has 4 N–H and O–H groups in total. The van der Waals surface area contributed by atoms with E-state index in [2.05, 4.69) is 36.5 Å². The summed E-state index contributed by atoms with van der Waals surface area (Å²) in [4.78, 5) is 55.7. The fraction of sp³-hybridized carbons (Fsp3) is 0.222. The van der Waals surface area contributed by atoms with E-state index < -0.39 is 22.6 Å². The molecule has 3 aliphatic rings. The van der Waals surface area contributed by atoms with Crippen LogP contribution in [0.4, 0.5) is 11.5 Å². The number of benzene rings is 1. The van der Waals surface area contributed by atoms with Crippen LogP contribution < -0.4 is 21.9 Å². The fourth-order valence-corrected chi connectivity index (χ4v) is 4.75. The number of amides is 1. The Hall–Kier alpha value is -2.94. The van der Waals surface area contributed by atoms with Crippen LogP contribution in [-0.4, -0.2) is 21.7 Å². The molecule has 8 nitrogen and oxygen atoms in total. The minimum Gasteiger partial charge on any atom is -0.344 e. The van der Waals surface area contributed by atoms with Gasteiger partial charge >= 0.3 is 5.69 Å². The lowest BCUT2D eigenvalue weighted by atomic mass is 9.64. The molecule has 136 valence electrons. The molecule has 1 unspecified atom stereocenters. The Morgan fingerprint density at radius 3 is 2.63 bits per heavy atom. The van der Waals surface area contributed by atoms with Crippen LogP contribution in [0.5, 0.6) is 0 Å². The molecule has 0 saturated carbocycles. The topological polar surface area (TPSA) is 124 Å². The van der Waals surface area contributed by atoms with Gasteiger partial charge in [-0.05, 0) is 31.0 Å². The van der Waals surface area contributed by atoms with Crippen molar-refractivity contribution in [3.8, 4) is 0 Å². The lowest BCUT2D eigenvalue weighted by Gasteiger charge is -2.38. The first-order valence-corrected chi connectivity index (χ1v) is 9.24. The maximum absolute atomic E-state index is 13.3. The molecule has 0 fully saturated rings. The van der Waals surface area contributed by atoms with Crippen molar-refractivity contribution in [3.05, 3.63) is 65.9 Å². The molecular formula is C18H13BrN4O4. The average Bonchev–Trinajstić information content (AvgIpc) is 2.87. The number of aromatic amines is 2. The number of halogens is 1. The van der Waals surface area contributed by atoms with Crippen molar-refractivity contribution in [2.45, 2.75) is 24.7 Å². The van der Waals surface area contributed by atoms with Crippen molar-refractivity contribution in [1.29, 1.82) is 0 Å². The third-order valence-corrected chi connectivity index (χ3v) is 5.85. The standard InChI is InChI=1S/C18H13BrN4O4/c19-7-4-5-9-8(6-7)18(16(26)21-9)12-10(2-1-3-11(12)24)20-14-13(18)15(25)23-17(27)22-14/h4-6H,1-3H2,(H,21,26)(H3,20,22,23,25,27). The quantitative estimate of drug-likeness (QED) is 0.506. The van der Waals surface area contributed by atoms with Gasteiger partial charge in [0.1, 0.15) is 11.2 Å². The number of H-pyrrole nitrogens is 2. The Morgan fingerprint density at radius 2 is 1.81 bits per heavy atom. The van der Waals surface area contributed by atoms with Crippen LogP contribution in [0, 0.1) is 0 Å². The van der Waals surface area contributed by atoms with Crippen molar-refractivity contribution in [2.75, 3.05) is 10.6 Å². The first kappa shape index (κ1) is 16.2. The van der Waals surface area contributed by atoms with Gasteiger partial charge in [-0.1, -0.05) is 15.9 Å². The number of hydrogen-bond acceptors (Lipinski definition) is 5. The van der Waals surface area contributed by atoms with E-state index in [-0.39, 0.29) is 22.7 Å². The van der Waals surface area contributed by atoms with Crippen molar-refractivity contribution in [1.82, 2.24) is 9.97 Å². The van der Waals surface area contributed by atoms with Crippen LogP contribution in [0.25, 0.3) is 0 Å². The van der Waals surface area contributed by atoms with Gasteiger partial charge in [-0.25, -0.2) is 4.79 Å². The number of nitrogens with one attached hydrogen (secondary N) is 4. The second-order valence-corrected chi connectivity index (χ2v) is 7.72. The Bertz CT molecular complexity index is 1210. The predicted octanol–water partition coefficient (Wildman–Crippen LogP) is 1.50. The van der Waals surface area contributed by atoms with E-state index >= 15 is 0 Å². The van der Waals surface area contributed by atoms with Gasteiger partial charge in [0.15, 0.2) is 5.78 Å². The minimum absolute atomic E-state index is 0.0328. The van der Waals surface area contributed by atoms with E-state index in [4.69, 9.17) is 0 Å². The molecule has 27 heavy (non-hydrogen) atoms. The van der Waals surface area contributed by atoms with Crippen LogP contribution in [0.1, 0.15) is 30.4 Å². The van der Waals surface area contributed by atoms with Crippen LogP contribution in [-0.2, 0) is 15.0 Å².